The van der Waals surface area contributed by atoms with Gasteiger partial charge in [-0.1, -0.05) is 6.07 Å². The van der Waals surface area contributed by atoms with Crippen molar-refractivity contribution in [1.29, 1.82) is 0 Å². The maximum atomic E-state index is 13.5. The maximum Gasteiger partial charge on any atom is 0.196 e. The average Bonchev–Trinajstić information content (AvgIpc) is 3.09. The number of imidazole rings is 1. The quantitative estimate of drug-likeness (QED) is 0.680. The van der Waals surface area contributed by atoms with Crippen molar-refractivity contribution in [3.63, 3.8) is 0 Å². The van der Waals surface area contributed by atoms with Crippen LogP contribution in [-0.2, 0) is 6.42 Å². The van der Waals surface area contributed by atoms with Gasteiger partial charge in [0.15, 0.2) is 17.1 Å². The number of aromatic nitrogens is 2. The van der Waals surface area contributed by atoms with Gasteiger partial charge in [0.1, 0.15) is 11.5 Å². The van der Waals surface area contributed by atoms with Crippen molar-refractivity contribution >= 4 is 34.1 Å². The van der Waals surface area contributed by atoms with E-state index in [1.807, 2.05) is 16.5 Å². The van der Waals surface area contributed by atoms with Crippen molar-refractivity contribution in [2.24, 2.45) is 0 Å². The molecule has 4 nitrogen and oxygen atoms in total. The van der Waals surface area contributed by atoms with Gasteiger partial charge in [-0.2, -0.15) is 0 Å². The number of nitrogens with zero attached hydrogens (tertiary/aromatic N) is 3. The number of benzene rings is 1. The van der Waals surface area contributed by atoms with Gasteiger partial charge in [0.25, 0.3) is 0 Å². The van der Waals surface area contributed by atoms with E-state index < -0.39 is 0 Å². The molecule has 3 aromatic rings. The number of carbonyl (C=O) groups is 1. The largest absolute Gasteiger partial charge is 0.324 e. The molecule has 0 amide bonds. The Morgan fingerprint density at radius 1 is 1.40 bits per heavy atom. The number of rotatable bonds is 2. The van der Waals surface area contributed by atoms with Gasteiger partial charge in [-0.3, -0.25) is 9.20 Å². The number of hydrogen-bond donors (Lipinski definition) is 0. The highest BCUT2D eigenvalue weighted by atomic mass is 32.1. The summed E-state index contributed by atoms with van der Waals surface area (Å²) in [7, 11) is 0. The lowest BCUT2D eigenvalue weighted by molar-refractivity contribution is 0.111. The van der Waals surface area contributed by atoms with E-state index in [1.54, 1.807) is 10.5 Å². The molecule has 0 saturated carbocycles. The van der Waals surface area contributed by atoms with Gasteiger partial charge in [0.05, 0.1) is 0 Å². The molecule has 1 aliphatic heterocycles. The smallest absolute Gasteiger partial charge is 0.196 e. The number of hydrogen-bond acceptors (Lipinski definition) is 4. The van der Waals surface area contributed by atoms with Crippen molar-refractivity contribution in [2.75, 3.05) is 11.4 Å². The van der Waals surface area contributed by atoms with Crippen molar-refractivity contribution in [2.45, 2.75) is 6.42 Å². The van der Waals surface area contributed by atoms with Crippen LogP contribution in [0.3, 0.4) is 0 Å². The topological polar surface area (TPSA) is 37.6 Å². The molecule has 3 heterocycles. The van der Waals surface area contributed by atoms with Gasteiger partial charge in [0, 0.05) is 23.8 Å². The van der Waals surface area contributed by atoms with E-state index in [9.17, 15) is 9.18 Å². The second-order valence-corrected chi connectivity index (χ2v) is 5.54. The summed E-state index contributed by atoms with van der Waals surface area (Å²) in [5, 5.41) is 1.89. The number of fused-ring (bicyclic) bond motifs is 2. The lowest BCUT2D eigenvalue weighted by Gasteiger charge is -2.17. The van der Waals surface area contributed by atoms with Crippen LogP contribution in [0.25, 0.3) is 4.96 Å². The van der Waals surface area contributed by atoms with Crippen LogP contribution >= 0.6 is 11.3 Å². The summed E-state index contributed by atoms with van der Waals surface area (Å²) in [6.07, 6.45) is 3.46. The highest BCUT2D eigenvalue weighted by Crippen LogP contribution is 2.36. The molecule has 0 bridgehead atoms. The summed E-state index contributed by atoms with van der Waals surface area (Å²) < 4.78 is 15.2. The third kappa shape index (κ3) is 1.51. The first-order valence-corrected chi connectivity index (χ1v) is 7.12. The van der Waals surface area contributed by atoms with E-state index in [4.69, 9.17) is 0 Å². The Hall–Kier alpha value is -2.21. The van der Waals surface area contributed by atoms with Gasteiger partial charge in [0.2, 0.25) is 0 Å². The number of carbonyl (C=O) groups excluding carboxylic acids is 1. The summed E-state index contributed by atoms with van der Waals surface area (Å²) >= 11 is 1.47. The van der Waals surface area contributed by atoms with E-state index in [0.717, 1.165) is 28.9 Å². The molecule has 0 fully saturated rings. The number of thiazole rings is 1. The van der Waals surface area contributed by atoms with E-state index in [1.165, 1.54) is 23.5 Å². The Balaban J connectivity index is 1.91. The molecular formula is C14H10FN3OS. The molecule has 2 aromatic heterocycles. The summed E-state index contributed by atoms with van der Waals surface area (Å²) in [4.78, 5) is 18.6. The van der Waals surface area contributed by atoms with Crippen molar-refractivity contribution < 1.29 is 9.18 Å². The monoisotopic (exact) mass is 287 g/mol. The second-order valence-electron chi connectivity index (χ2n) is 4.67. The van der Waals surface area contributed by atoms with Gasteiger partial charge in [-0.15, -0.1) is 11.3 Å². The third-order valence-corrected chi connectivity index (χ3v) is 4.35. The molecule has 0 radical (unpaired) electrons. The first kappa shape index (κ1) is 11.6. The van der Waals surface area contributed by atoms with Crippen LogP contribution < -0.4 is 4.90 Å². The van der Waals surface area contributed by atoms with Gasteiger partial charge < -0.3 is 4.90 Å². The standard InChI is InChI=1S/C14H10FN3OS/c15-10-2-1-9-3-4-17(11(9)7-10)13-12(8-19)18-5-6-20-14(18)16-13/h1-2,5-8H,3-4H2. The molecule has 100 valence electrons. The van der Waals surface area contributed by atoms with E-state index in [-0.39, 0.29) is 5.82 Å². The first-order chi connectivity index (χ1) is 9.78. The predicted molar refractivity (Wildman–Crippen MR) is 75.6 cm³/mol. The summed E-state index contributed by atoms with van der Waals surface area (Å²) in [6.45, 7) is 0.713. The van der Waals surface area contributed by atoms with Gasteiger partial charge in [-0.05, 0) is 24.1 Å². The molecule has 20 heavy (non-hydrogen) atoms. The van der Waals surface area contributed by atoms with Crippen LogP contribution in [0.2, 0.25) is 0 Å². The zero-order valence-corrected chi connectivity index (χ0v) is 11.2. The van der Waals surface area contributed by atoms with Crippen molar-refractivity contribution in [3.05, 3.63) is 46.9 Å². The summed E-state index contributed by atoms with van der Waals surface area (Å²) in [5.74, 6) is 0.334. The van der Waals surface area contributed by atoms with E-state index >= 15 is 0 Å². The highest BCUT2D eigenvalue weighted by molar-refractivity contribution is 7.15. The van der Waals surface area contributed by atoms with Crippen molar-refractivity contribution in [1.82, 2.24) is 9.38 Å². The van der Waals surface area contributed by atoms with Crippen LogP contribution in [0.4, 0.5) is 15.9 Å². The molecular weight excluding hydrogens is 277 g/mol. The normalized spacial score (nSPS) is 13.9. The molecule has 0 N–H and O–H groups in total. The SMILES string of the molecule is O=Cc1c(N2CCc3ccc(F)cc32)nc2sccn12. The number of anilines is 2. The Labute approximate surface area is 118 Å². The molecule has 0 atom stereocenters. The minimum atomic E-state index is -0.274. The molecule has 4 rings (SSSR count). The van der Waals surface area contributed by atoms with E-state index in [2.05, 4.69) is 4.98 Å². The molecule has 0 saturated heterocycles. The Kier molecular flexibility index (Phi) is 2.40. The third-order valence-electron chi connectivity index (χ3n) is 3.59. The maximum absolute atomic E-state index is 13.5. The van der Waals surface area contributed by atoms with Crippen LogP contribution in [0, 0.1) is 5.82 Å². The first-order valence-electron chi connectivity index (χ1n) is 6.24. The van der Waals surface area contributed by atoms with Gasteiger partial charge >= 0.3 is 0 Å². The fourth-order valence-corrected chi connectivity index (χ4v) is 3.39. The minimum Gasteiger partial charge on any atom is -0.324 e. The Morgan fingerprint density at radius 2 is 2.30 bits per heavy atom. The average molecular weight is 287 g/mol. The zero-order valence-electron chi connectivity index (χ0n) is 10.4. The molecule has 0 spiro atoms. The predicted octanol–water partition coefficient (Wildman–Crippen LogP) is 3.04. The highest BCUT2D eigenvalue weighted by Gasteiger charge is 2.26. The summed E-state index contributed by atoms with van der Waals surface area (Å²) in [6, 6.07) is 4.77. The van der Waals surface area contributed by atoms with Crippen LogP contribution in [-0.4, -0.2) is 22.2 Å². The lowest BCUT2D eigenvalue weighted by atomic mass is 10.2. The lowest BCUT2D eigenvalue weighted by Crippen LogP contribution is -2.15. The van der Waals surface area contributed by atoms with Crippen LogP contribution in [0.15, 0.2) is 29.8 Å². The van der Waals surface area contributed by atoms with Gasteiger partial charge in [-0.25, -0.2) is 9.37 Å². The number of aldehydes is 1. The molecule has 6 heteroatoms. The second kappa shape index (κ2) is 4.14. The Bertz CT molecular complexity index is 823. The van der Waals surface area contributed by atoms with Crippen LogP contribution in [0.5, 0.6) is 0 Å². The fraction of sp³-hybridized carbons (Fsp3) is 0.143. The molecule has 1 aliphatic rings. The zero-order chi connectivity index (χ0) is 13.7. The van der Waals surface area contributed by atoms with Crippen LogP contribution in [0.1, 0.15) is 16.1 Å². The minimum absolute atomic E-state index is 0.274. The molecule has 0 unspecified atom stereocenters. The Morgan fingerprint density at radius 3 is 3.15 bits per heavy atom. The number of halogens is 1. The molecule has 1 aromatic carbocycles. The summed E-state index contributed by atoms with van der Waals surface area (Å²) in [5.41, 5.74) is 2.40. The van der Waals surface area contributed by atoms with Crippen molar-refractivity contribution in [3.8, 4) is 0 Å². The molecule has 0 aliphatic carbocycles. The fourth-order valence-electron chi connectivity index (χ4n) is 2.67. The van der Waals surface area contributed by atoms with E-state index in [0.29, 0.717) is 18.1 Å².